The molecule has 116 valence electrons. The number of thiophene rings is 1. The van der Waals surface area contributed by atoms with Gasteiger partial charge >= 0.3 is 0 Å². The maximum absolute atomic E-state index is 5.99. The van der Waals surface area contributed by atoms with Gasteiger partial charge in [-0.2, -0.15) is 0 Å². The van der Waals surface area contributed by atoms with E-state index in [2.05, 4.69) is 38.8 Å². The van der Waals surface area contributed by atoms with Gasteiger partial charge in [0.25, 0.3) is 0 Å². The Hall–Kier alpha value is -1.50. The molecule has 0 aromatic carbocycles. The zero-order valence-electron chi connectivity index (χ0n) is 12.7. The van der Waals surface area contributed by atoms with Crippen molar-refractivity contribution in [2.24, 2.45) is 0 Å². The predicted octanol–water partition coefficient (Wildman–Crippen LogP) is 1.94. The number of nitrogens with zero attached hydrogens (tertiary/aromatic N) is 4. The Morgan fingerprint density at radius 1 is 1.27 bits per heavy atom. The molecule has 2 fully saturated rings. The van der Waals surface area contributed by atoms with Gasteiger partial charge in [0.05, 0.1) is 18.8 Å². The fraction of sp³-hybridized carbons (Fsp3) is 0.500. The molecule has 6 heteroatoms. The lowest BCUT2D eigenvalue weighted by atomic mass is 10.1. The molecule has 2 atom stereocenters. The third kappa shape index (κ3) is 2.74. The summed E-state index contributed by atoms with van der Waals surface area (Å²) in [7, 11) is 0. The van der Waals surface area contributed by atoms with E-state index in [1.165, 1.54) is 9.75 Å². The first kappa shape index (κ1) is 14.1. The Bertz CT molecular complexity index is 632. The van der Waals surface area contributed by atoms with Gasteiger partial charge < -0.3 is 9.64 Å². The van der Waals surface area contributed by atoms with E-state index in [4.69, 9.17) is 4.74 Å². The number of morpholine rings is 1. The summed E-state index contributed by atoms with van der Waals surface area (Å²) in [5.74, 6) is 0.828. The largest absolute Gasteiger partial charge is 0.373 e. The molecular weight excluding hydrogens is 296 g/mol. The molecule has 0 N–H and O–H groups in total. The number of ether oxygens (including phenoxy) is 1. The quantitative estimate of drug-likeness (QED) is 0.865. The topological polar surface area (TPSA) is 41.5 Å². The number of aryl methyl sites for hydroxylation is 1. The number of hydrogen-bond donors (Lipinski definition) is 0. The number of fused-ring (bicyclic) bond motifs is 1. The molecule has 0 unspecified atom stereocenters. The average molecular weight is 316 g/mol. The van der Waals surface area contributed by atoms with Gasteiger partial charge in [0, 0.05) is 48.3 Å². The van der Waals surface area contributed by atoms with Gasteiger partial charge in [-0.3, -0.25) is 4.90 Å². The summed E-state index contributed by atoms with van der Waals surface area (Å²) in [4.78, 5) is 16.4. The van der Waals surface area contributed by atoms with E-state index < -0.39 is 0 Å². The van der Waals surface area contributed by atoms with Crippen LogP contribution < -0.4 is 4.90 Å². The molecule has 0 bridgehead atoms. The van der Waals surface area contributed by atoms with Crippen molar-refractivity contribution in [1.29, 1.82) is 0 Å². The van der Waals surface area contributed by atoms with Crippen molar-refractivity contribution in [2.45, 2.75) is 25.6 Å². The summed E-state index contributed by atoms with van der Waals surface area (Å²) in [5, 5.41) is 0. The molecule has 0 aliphatic carbocycles. The number of rotatable bonds is 3. The van der Waals surface area contributed by atoms with Crippen molar-refractivity contribution in [1.82, 2.24) is 14.9 Å². The summed E-state index contributed by atoms with van der Waals surface area (Å²) in [6.45, 7) is 6.81. The number of anilines is 1. The summed E-state index contributed by atoms with van der Waals surface area (Å²) < 4.78 is 5.99. The first-order valence-corrected chi connectivity index (χ1v) is 8.54. The summed E-state index contributed by atoms with van der Waals surface area (Å²) in [5.41, 5.74) is 0. The minimum Gasteiger partial charge on any atom is -0.373 e. The molecule has 0 amide bonds. The van der Waals surface area contributed by atoms with E-state index in [0.717, 1.165) is 38.7 Å². The molecule has 5 nitrogen and oxygen atoms in total. The van der Waals surface area contributed by atoms with Crippen LogP contribution in [0.15, 0.2) is 30.6 Å². The second-order valence-electron chi connectivity index (χ2n) is 5.93. The van der Waals surface area contributed by atoms with Gasteiger partial charge in [-0.25, -0.2) is 9.97 Å². The summed E-state index contributed by atoms with van der Waals surface area (Å²) in [6.07, 6.45) is 3.89. The number of likely N-dealkylation sites (tertiary alicyclic amines) is 1. The van der Waals surface area contributed by atoms with Crippen molar-refractivity contribution in [3.8, 4) is 0 Å². The van der Waals surface area contributed by atoms with Gasteiger partial charge in [-0.05, 0) is 25.1 Å². The van der Waals surface area contributed by atoms with Crippen molar-refractivity contribution >= 4 is 17.3 Å². The van der Waals surface area contributed by atoms with E-state index in [9.17, 15) is 0 Å². The van der Waals surface area contributed by atoms with Crippen molar-refractivity contribution in [2.75, 3.05) is 31.1 Å². The highest BCUT2D eigenvalue weighted by molar-refractivity contribution is 7.11. The fourth-order valence-electron chi connectivity index (χ4n) is 3.37. The molecule has 0 spiro atoms. The minimum atomic E-state index is 0.263. The molecule has 2 aromatic rings. The summed E-state index contributed by atoms with van der Waals surface area (Å²) in [6, 6.07) is 6.66. The van der Waals surface area contributed by atoms with Crippen LogP contribution in [-0.2, 0) is 11.3 Å². The van der Waals surface area contributed by atoms with Gasteiger partial charge in [0.1, 0.15) is 0 Å². The van der Waals surface area contributed by atoms with Gasteiger partial charge in [0.2, 0.25) is 5.95 Å². The van der Waals surface area contributed by atoms with Crippen LogP contribution in [0.3, 0.4) is 0 Å². The number of hydrogen-bond acceptors (Lipinski definition) is 6. The second kappa shape index (κ2) is 5.95. The van der Waals surface area contributed by atoms with Crippen molar-refractivity contribution < 1.29 is 4.74 Å². The highest BCUT2D eigenvalue weighted by Gasteiger charge is 2.41. The van der Waals surface area contributed by atoms with Gasteiger partial charge in [0.15, 0.2) is 0 Å². The van der Waals surface area contributed by atoms with E-state index in [1.54, 1.807) is 0 Å². The molecular formula is C16H20N4OS. The average Bonchev–Trinajstić information content (AvgIpc) is 3.13. The smallest absolute Gasteiger partial charge is 0.225 e. The Kier molecular flexibility index (Phi) is 3.82. The second-order valence-corrected chi connectivity index (χ2v) is 7.30. The molecule has 4 rings (SSSR count). The van der Waals surface area contributed by atoms with Gasteiger partial charge in [-0.15, -0.1) is 11.3 Å². The first-order chi connectivity index (χ1) is 10.8. The Balaban J connectivity index is 1.48. The Labute approximate surface area is 134 Å². The molecule has 22 heavy (non-hydrogen) atoms. The van der Waals surface area contributed by atoms with E-state index >= 15 is 0 Å². The Morgan fingerprint density at radius 2 is 2.14 bits per heavy atom. The van der Waals surface area contributed by atoms with E-state index in [-0.39, 0.29) is 6.10 Å². The van der Waals surface area contributed by atoms with E-state index in [0.29, 0.717) is 6.04 Å². The standard InChI is InChI=1S/C16H20N4OS/c1-12-3-4-13(22-12)9-19-10-14-15(11-19)21-8-7-20(14)16-17-5-2-6-18-16/h2-6,14-15H,7-11H2,1H3/t14-,15+/m1/s1. The molecule has 2 aliphatic rings. The summed E-state index contributed by atoms with van der Waals surface area (Å²) >= 11 is 1.88. The SMILES string of the molecule is Cc1ccc(CN2C[C@@H]3OCCN(c4ncccn4)[C@@H]3C2)s1. The fourth-order valence-corrected chi connectivity index (χ4v) is 4.30. The molecule has 2 saturated heterocycles. The molecule has 2 aliphatic heterocycles. The number of aromatic nitrogens is 2. The van der Waals surface area contributed by atoms with E-state index in [1.807, 2.05) is 29.8 Å². The van der Waals surface area contributed by atoms with Gasteiger partial charge in [-0.1, -0.05) is 0 Å². The van der Waals surface area contributed by atoms with Crippen LogP contribution in [0, 0.1) is 6.92 Å². The third-order valence-electron chi connectivity index (χ3n) is 4.36. The monoisotopic (exact) mass is 316 g/mol. The predicted molar refractivity (Wildman–Crippen MR) is 87.2 cm³/mol. The highest BCUT2D eigenvalue weighted by atomic mass is 32.1. The molecule has 4 heterocycles. The van der Waals surface area contributed by atoms with Crippen LogP contribution >= 0.6 is 11.3 Å². The lowest BCUT2D eigenvalue weighted by Gasteiger charge is -2.36. The maximum Gasteiger partial charge on any atom is 0.225 e. The molecule has 0 radical (unpaired) electrons. The normalized spacial score (nSPS) is 25.4. The van der Waals surface area contributed by atoms with Crippen LogP contribution in [0.25, 0.3) is 0 Å². The van der Waals surface area contributed by atoms with Crippen LogP contribution in [0.2, 0.25) is 0 Å². The Morgan fingerprint density at radius 3 is 2.91 bits per heavy atom. The maximum atomic E-state index is 5.99. The lowest BCUT2D eigenvalue weighted by molar-refractivity contribution is 0.0301. The van der Waals surface area contributed by atoms with Crippen LogP contribution in [-0.4, -0.2) is 53.3 Å². The van der Waals surface area contributed by atoms with Crippen LogP contribution in [0.1, 0.15) is 9.75 Å². The minimum absolute atomic E-state index is 0.263. The molecule has 2 aromatic heterocycles. The van der Waals surface area contributed by atoms with Crippen molar-refractivity contribution in [3.05, 3.63) is 40.3 Å². The third-order valence-corrected chi connectivity index (χ3v) is 5.35. The lowest BCUT2D eigenvalue weighted by Crippen LogP contribution is -2.51. The zero-order valence-corrected chi connectivity index (χ0v) is 13.5. The zero-order chi connectivity index (χ0) is 14.9. The highest BCUT2D eigenvalue weighted by Crippen LogP contribution is 2.27. The molecule has 0 saturated carbocycles. The van der Waals surface area contributed by atoms with Crippen LogP contribution in [0.4, 0.5) is 5.95 Å². The first-order valence-electron chi connectivity index (χ1n) is 7.72. The van der Waals surface area contributed by atoms with Crippen LogP contribution in [0.5, 0.6) is 0 Å². The van der Waals surface area contributed by atoms with Crippen molar-refractivity contribution in [3.63, 3.8) is 0 Å².